The fraction of sp³-hybridized carbons (Fsp3) is 0.704. The third-order valence-electron chi connectivity index (χ3n) is 6.34. The second kappa shape index (κ2) is 19.2. The first-order chi connectivity index (χ1) is 18.3. The van der Waals surface area contributed by atoms with Crippen molar-refractivity contribution in [3.05, 3.63) is 35.4 Å². The molecule has 1 aromatic rings. The Bertz CT molecular complexity index is 990. The standard InChI is InChI=1S/C27H45F2N3O6S.ClH/c1-6-8-22(9-7-2)39(36,37)17-24(32-27(35)38-5)26(34)31-23(25(33)16-30-11-10-18(3)4)14-19-12-20(28)15-21(29)13-19;/h12-13,15,18,22-25,30,33H,6-11,14,16-17H2,1-5H3,(H,31,34)(H,32,35);1H/t23-,24+,25+;/m0./s1. The Morgan fingerprint density at radius 2 is 1.57 bits per heavy atom. The van der Waals surface area contributed by atoms with Crippen LogP contribution in [-0.2, 0) is 25.8 Å². The average molecular weight is 614 g/mol. The van der Waals surface area contributed by atoms with E-state index >= 15 is 0 Å². The lowest BCUT2D eigenvalue weighted by Gasteiger charge is -2.28. The molecule has 0 bridgehead atoms. The number of halogens is 3. The Balaban J connectivity index is 0.0000152. The van der Waals surface area contributed by atoms with Gasteiger partial charge in [0.05, 0.1) is 30.3 Å². The molecule has 232 valence electrons. The van der Waals surface area contributed by atoms with Gasteiger partial charge in [0.15, 0.2) is 9.84 Å². The lowest BCUT2D eigenvalue weighted by Crippen LogP contribution is -2.57. The first kappa shape index (κ1) is 38.0. The molecule has 9 nitrogen and oxygen atoms in total. The highest BCUT2D eigenvalue weighted by Gasteiger charge is 2.34. The number of ether oxygens (including phenoxy) is 1. The van der Waals surface area contributed by atoms with Crippen LogP contribution in [0.3, 0.4) is 0 Å². The number of amides is 2. The summed E-state index contributed by atoms with van der Waals surface area (Å²) in [6, 6.07) is 0.347. The molecule has 0 aliphatic rings. The predicted octanol–water partition coefficient (Wildman–Crippen LogP) is 3.52. The minimum Gasteiger partial charge on any atom is -0.453 e. The molecule has 13 heteroatoms. The molecule has 0 radical (unpaired) electrons. The van der Waals surface area contributed by atoms with Crippen molar-refractivity contribution >= 4 is 34.2 Å². The van der Waals surface area contributed by atoms with E-state index in [2.05, 4.69) is 20.7 Å². The smallest absolute Gasteiger partial charge is 0.407 e. The van der Waals surface area contributed by atoms with Gasteiger partial charge >= 0.3 is 6.09 Å². The summed E-state index contributed by atoms with van der Waals surface area (Å²) in [5, 5.41) is 18.2. The minimum atomic E-state index is -3.80. The van der Waals surface area contributed by atoms with Crippen LogP contribution in [0.15, 0.2) is 18.2 Å². The Morgan fingerprint density at radius 1 is 1.00 bits per heavy atom. The van der Waals surface area contributed by atoms with Crippen LogP contribution in [0, 0.1) is 17.6 Å². The molecule has 0 saturated heterocycles. The van der Waals surface area contributed by atoms with Crippen molar-refractivity contribution in [2.45, 2.75) is 89.7 Å². The number of aliphatic hydroxyl groups excluding tert-OH is 1. The maximum Gasteiger partial charge on any atom is 0.407 e. The Kier molecular flexibility index (Phi) is 18.2. The molecule has 40 heavy (non-hydrogen) atoms. The largest absolute Gasteiger partial charge is 0.453 e. The summed E-state index contributed by atoms with van der Waals surface area (Å²) in [5.41, 5.74) is 0.190. The highest BCUT2D eigenvalue weighted by Crippen LogP contribution is 2.17. The molecule has 0 aliphatic heterocycles. The molecule has 3 atom stereocenters. The number of nitrogens with one attached hydrogen (secondary N) is 3. The monoisotopic (exact) mass is 613 g/mol. The van der Waals surface area contributed by atoms with E-state index in [1.165, 1.54) is 0 Å². The van der Waals surface area contributed by atoms with Gasteiger partial charge in [-0.2, -0.15) is 0 Å². The van der Waals surface area contributed by atoms with Gasteiger partial charge in [-0.15, -0.1) is 12.4 Å². The van der Waals surface area contributed by atoms with Gasteiger partial charge < -0.3 is 25.8 Å². The van der Waals surface area contributed by atoms with Crippen LogP contribution in [0.2, 0.25) is 0 Å². The molecule has 4 N–H and O–H groups in total. The molecule has 1 rings (SSSR count). The van der Waals surface area contributed by atoms with Crippen molar-refractivity contribution in [2.75, 3.05) is 26.0 Å². The maximum absolute atomic E-state index is 13.8. The van der Waals surface area contributed by atoms with E-state index in [0.717, 1.165) is 25.7 Å². The van der Waals surface area contributed by atoms with E-state index in [-0.39, 0.29) is 30.9 Å². The average Bonchev–Trinajstić information content (AvgIpc) is 2.84. The molecule has 0 aromatic heterocycles. The van der Waals surface area contributed by atoms with Crippen LogP contribution >= 0.6 is 12.4 Å². The number of carbonyl (C=O) groups excluding carboxylic acids is 2. The molecule has 0 fully saturated rings. The molecular weight excluding hydrogens is 568 g/mol. The zero-order chi connectivity index (χ0) is 29.6. The van der Waals surface area contributed by atoms with Gasteiger partial charge in [-0.25, -0.2) is 22.0 Å². The van der Waals surface area contributed by atoms with Gasteiger partial charge in [0.25, 0.3) is 0 Å². The van der Waals surface area contributed by atoms with E-state index in [1.807, 2.05) is 27.7 Å². The zero-order valence-corrected chi connectivity index (χ0v) is 25.7. The maximum atomic E-state index is 13.8. The Hall–Kier alpha value is -2.02. The number of methoxy groups -OCH3 is 1. The highest BCUT2D eigenvalue weighted by atomic mass is 35.5. The molecule has 0 aliphatic carbocycles. The molecule has 0 heterocycles. The fourth-order valence-corrected chi connectivity index (χ4v) is 6.39. The van der Waals surface area contributed by atoms with Gasteiger partial charge in [0.1, 0.15) is 17.7 Å². The number of carbonyl (C=O) groups is 2. The second-order valence-corrected chi connectivity index (χ2v) is 12.6. The van der Waals surface area contributed by atoms with Crippen LogP contribution in [0.1, 0.15) is 65.4 Å². The topological polar surface area (TPSA) is 134 Å². The molecule has 0 unspecified atom stereocenters. The fourth-order valence-electron chi connectivity index (χ4n) is 4.23. The van der Waals surface area contributed by atoms with Crippen molar-refractivity contribution in [3.8, 4) is 0 Å². The zero-order valence-electron chi connectivity index (χ0n) is 24.0. The van der Waals surface area contributed by atoms with E-state index in [9.17, 15) is 31.9 Å². The first-order valence-corrected chi connectivity index (χ1v) is 15.2. The number of sulfone groups is 1. The van der Waals surface area contributed by atoms with Crippen molar-refractivity contribution in [1.82, 2.24) is 16.0 Å². The number of hydrogen-bond acceptors (Lipinski definition) is 7. The number of alkyl carbamates (subject to hydrolysis) is 1. The van der Waals surface area contributed by atoms with Crippen LogP contribution in [0.25, 0.3) is 0 Å². The van der Waals surface area contributed by atoms with Crippen molar-refractivity contribution in [2.24, 2.45) is 5.92 Å². The molecular formula is C27H46ClF2N3O6S. The summed E-state index contributed by atoms with van der Waals surface area (Å²) in [4.78, 5) is 25.3. The van der Waals surface area contributed by atoms with E-state index in [0.29, 0.717) is 44.2 Å². The van der Waals surface area contributed by atoms with E-state index in [4.69, 9.17) is 0 Å². The van der Waals surface area contributed by atoms with Gasteiger partial charge in [-0.3, -0.25) is 4.79 Å². The lowest BCUT2D eigenvalue weighted by atomic mass is 10.00. The molecule has 2 amide bonds. The second-order valence-electron chi connectivity index (χ2n) is 10.3. The van der Waals surface area contributed by atoms with Crippen molar-refractivity contribution in [1.29, 1.82) is 0 Å². The SMILES string of the molecule is CCCC(CCC)S(=O)(=O)C[C@@H](NC(=O)OC)C(=O)N[C@@H](Cc1cc(F)cc(F)c1)[C@H](O)CNCCC(C)C.Cl. The van der Waals surface area contributed by atoms with Crippen LogP contribution in [-0.4, -0.2) is 74.9 Å². The highest BCUT2D eigenvalue weighted by molar-refractivity contribution is 7.92. The number of benzene rings is 1. The number of rotatable bonds is 18. The van der Waals surface area contributed by atoms with Crippen LogP contribution in [0.5, 0.6) is 0 Å². The summed E-state index contributed by atoms with van der Waals surface area (Å²) in [5.74, 6) is -2.72. The van der Waals surface area contributed by atoms with Gasteiger partial charge in [-0.1, -0.05) is 40.5 Å². The van der Waals surface area contributed by atoms with E-state index in [1.54, 1.807) is 0 Å². The molecule has 0 spiro atoms. The predicted molar refractivity (Wildman–Crippen MR) is 154 cm³/mol. The quantitative estimate of drug-likeness (QED) is 0.186. The van der Waals surface area contributed by atoms with Crippen molar-refractivity contribution in [3.63, 3.8) is 0 Å². The van der Waals surface area contributed by atoms with E-state index < -0.39 is 62.7 Å². The summed E-state index contributed by atoms with van der Waals surface area (Å²) in [7, 11) is -2.71. The third kappa shape index (κ3) is 14.0. The first-order valence-electron chi connectivity index (χ1n) is 13.5. The van der Waals surface area contributed by atoms with Crippen LogP contribution in [0.4, 0.5) is 13.6 Å². The number of aliphatic hydroxyl groups is 1. The third-order valence-corrected chi connectivity index (χ3v) is 8.63. The summed E-state index contributed by atoms with van der Waals surface area (Å²) in [6.07, 6.45) is 0.621. The summed E-state index contributed by atoms with van der Waals surface area (Å²) in [6.45, 7) is 8.50. The molecule has 0 saturated carbocycles. The number of hydrogen-bond donors (Lipinski definition) is 4. The lowest BCUT2D eigenvalue weighted by molar-refractivity contribution is -0.124. The Labute approximate surface area is 243 Å². The van der Waals surface area contributed by atoms with Gasteiger partial charge in [0, 0.05) is 12.6 Å². The molecule has 1 aromatic carbocycles. The van der Waals surface area contributed by atoms with Crippen LogP contribution < -0.4 is 16.0 Å². The van der Waals surface area contributed by atoms with Crippen molar-refractivity contribution < 1.29 is 36.6 Å². The Morgan fingerprint density at radius 3 is 2.08 bits per heavy atom. The van der Waals surface area contributed by atoms with Gasteiger partial charge in [0.2, 0.25) is 5.91 Å². The van der Waals surface area contributed by atoms with Gasteiger partial charge in [-0.05, 0) is 55.8 Å². The summed E-state index contributed by atoms with van der Waals surface area (Å²) >= 11 is 0. The normalized spacial score (nSPS) is 13.8. The summed E-state index contributed by atoms with van der Waals surface area (Å²) < 4.78 is 58.7. The minimum absolute atomic E-state index is 0.